The Hall–Kier alpha value is -2.69. The lowest BCUT2D eigenvalue weighted by atomic mass is 10.0. The third kappa shape index (κ3) is 4.08. The molecule has 1 N–H and O–H groups in total. The van der Waals surface area contributed by atoms with Crippen LogP contribution in [0, 0.1) is 0 Å². The molecule has 5 heteroatoms. The number of pyridine rings is 1. The van der Waals surface area contributed by atoms with E-state index in [2.05, 4.69) is 21.2 Å². The van der Waals surface area contributed by atoms with Gasteiger partial charge >= 0.3 is 0 Å². The molecule has 0 atom stereocenters. The van der Waals surface area contributed by atoms with Crippen LogP contribution in [0.2, 0.25) is 5.02 Å². The molecule has 0 saturated heterocycles. The van der Waals surface area contributed by atoms with Gasteiger partial charge in [-0.3, -0.25) is 4.79 Å². The van der Waals surface area contributed by atoms with Crippen molar-refractivity contribution >= 4 is 44.3 Å². The van der Waals surface area contributed by atoms with Crippen LogP contribution in [-0.4, -0.2) is 10.9 Å². The fourth-order valence-corrected chi connectivity index (χ4v) is 3.40. The SMILES string of the molecule is O=C(NCc1ccc(Cl)cc1)c1cc(-c2ccc(Br)cc2)nc2ccccc12. The van der Waals surface area contributed by atoms with E-state index in [-0.39, 0.29) is 5.91 Å². The molecule has 138 valence electrons. The van der Waals surface area contributed by atoms with E-state index in [1.165, 1.54) is 0 Å². The molecule has 0 saturated carbocycles. The Morgan fingerprint density at radius 1 is 0.964 bits per heavy atom. The molecular weight excluding hydrogens is 436 g/mol. The quantitative estimate of drug-likeness (QED) is 0.398. The van der Waals surface area contributed by atoms with Gasteiger partial charge in [-0.1, -0.05) is 70.0 Å². The molecule has 0 spiro atoms. The summed E-state index contributed by atoms with van der Waals surface area (Å²) in [5.41, 5.74) is 4.12. The maximum Gasteiger partial charge on any atom is 0.252 e. The first-order valence-electron chi connectivity index (χ1n) is 8.78. The summed E-state index contributed by atoms with van der Waals surface area (Å²) in [6.45, 7) is 0.431. The monoisotopic (exact) mass is 450 g/mol. The smallest absolute Gasteiger partial charge is 0.252 e. The van der Waals surface area contributed by atoms with Gasteiger partial charge < -0.3 is 5.32 Å². The predicted octanol–water partition coefficient (Wildman–Crippen LogP) is 6.25. The lowest BCUT2D eigenvalue weighted by molar-refractivity contribution is 0.0952. The summed E-state index contributed by atoms with van der Waals surface area (Å²) in [5.74, 6) is -0.132. The summed E-state index contributed by atoms with van der Waals surface area (Å²) in [6.07, 6.45) is 0. The molecule has 0 aliphatic rings. The van der Waals surface area contributed by atoms with Gasteiger partial charge in [0.25, 0.3) is 5.91 Å². The van der Waals surface area contributed by atoms with Crippen LogP contribution in [0.3, 0.4) is 0 Å². The van der Waals surface area contributed by atoms with Crippen molar-refractivity contribution in [3.05, 3.63) is 99.5 Å². The largest absolute Gasteiger partial charge is 0.348 e. The van der Waals surface area contributed by atoms with Crippen molar-refractivity contribution < 1.29 is 4.79 Å². The molecule has 0 unspecified atom stereocenters. The number of para-hydroxylation sites is 1. The third-order valence-electron chi connectivity index (χ3n) is 4.47. The molecule has 28 heavy (non-hydrogen) atoms. The Bertz CT molecular complexity index is 1140. The molecule has 4 aromatic rings. The number of hydrogen-bond donors (Lipinski definition) is 1. The molecule has 0 bridgehead atoms. The Morgan fingerprint density at radius 2 is 1.68 bits per heavy atom. The molecule has 0 aliphatic heterocycles. The van der Waals surface area contributed by atoms with Crippen molar-refractivity contribution in [2.24, 2.45) is 0 Å². The minimum absolute atomic E-state index is 0.132. The summed E-state index contributed by atoms with van der Waals surface area (Å²) >= 11 is 9.37. The molecule has 3 aromatic carbocycles. The highest BCUT2D eigenvalue weighted by molar-refractivity contribution is 9.10. The molecule has 3 nitrogen and oxygen atoms in total. The van der Waals surface area contributed by atoms with Crippen LogP contribution in [-0.2, 0) is 6.54 Å². The highest BCUT2D eigenvalue weighted by atomic mass is 79.9. The fraction of sp³-hybridized carbons (Fsp3) is 0.0435. The minimum atomic E-state index is -0.132. The van der Waals surface area contributed by atoms with Crippen LogP contribution >= 0.6 is 27.5 Å². The van der Waals surface area contributed by atoms with Gasteiger partial charge in [-0.15, -0.1) is 0 Å². The van der Waals surface area contributed by atoms with E-state index >= 15 is 0 Å². The maximum atomic E-state index is 13.0. The van der Waals surface area contributed by atoms with E-state index in [0.29, 0.717) is 17.1 Å². The van der Waals surface area contributed by atoms with Crippen LogP contribution in [0.25, 0.3) is 22.2 Å². The standard InChI is InChI=1S/C23H16BrClN2O/c24-17-9-7-16(8-10-17)22-13-20(19-3-1-2-4-21(19)27-22)23(28)26-14-15-5-11-18(25)12-6-15/h1-13H,14H2,(H,26,28). The molecule has 4 rings (SSSR count). The minimum Gasteiger partial charge on any atom is -0.348 e. The topological polar surface area (TPSA) is 42.0 Å². The normalized spacial score (nSPS) is 10.8. The lowest BCUT2D eigenvalue weighted by Gasteiger charge is -2.11. The summed E-state index contributed by atoms with van der Waals surface area (Å²) in [4.78, 5) is 17.7. The number of nitrogens with zero attached hydrogens (tertiary/aromatic N) is 1. The molecule has 1 heterocycles. The average Bonchev–Trinajstić information content (AvgIpc) is 2.73. The molecule has 0 aliphatic carbocycles. The van der Waals surface area contributed by atoms with E-state index < -0.39 is 0 Å². The highest BCUT2D eigenvalue weighted by Crippen LogP contribution is 2.26. The van der Waals surface area contributed by atoms with Gasteiger partial charge in [0, 0.05) is 27.0 Å². The number of rotatable bonds is 4. The van der Waals surface area contributed by atoms with Crippen LogP contribution in [0.15, 0.2) is 83.3 Å². The van der Waals surface area contributed by atoms with Crippen LogP contribution in [0.1, 0.15) is 15.9 Å². The number of fused-ring (bicyclic) bond motifs is 1. The predicted molar refractivity (Wildman–Crippen MR) is 118 cm³/mol. The van der Waals surface area contributed by atoms with Crippen molar-refractivity contribution in [3.8, 4) is 11.3 Å². The summed E-state index contributed by atoms with van der Waals surface area (Å²) < 4.78 is 0.998. The van der Waals surface area contributed by atoms with E-state index in [1.54, 1.807) is 0 Å². The van der Waals surface area contributed by atoms with E-state index in [0.717, 1.165) is 32.2 Å². The Kier molecular flexibility index (Phi) is 5.42. The van der Waals surface area contributed by atoms with Crippen molar-refractivity contribution in [3.63, 3.8) is 0 Å². The van der Waals surface area contributed by atoms with Crippen molar-refractivity contribution in [2.45, 2.75) is 6.54 Å². The zero-order valence-corrected chi connectivity index (χ0v) is 17.2. The van der Waals surface area contributed by atoms with Gasteiger partial charge in [0.15, 0.2) is 0 Å². The van der Waals surface area contributed by atoms with Crippen LogP contribution in [0.4, 0.5) is 0 Å². The first-order chi connectivity index (χ1) is 13.6. The molecule has 1 aromatic heterocycles. The Balaban J connectivity index is 1.69. The highest BCUT2D eigenvalue weighted by Gasteiger charge is 2.14. The number of halogens is 2. The van der Waals surface area contributed by atoms with Crippen molar-refractivity contribution in [2.75, 3.05) is 0 Å². The van der Waals surface area contributed by atoms with E-state index in [1.807, 2.05) is 78.9 Å². The second kappa shape index (κ2) is 8.13. The van der Waals surface area contributed by atoms with Gasteiger partial charge in [-0.05, 0) is 42.0 Å². The zero-order valence-electron chi connectivity index (χ0n) is 14.8. The number of benzene rings is 3. The van der Waals surface area contributed by atoms with Crippen LogP contribution < -0.4 is 5.32 Å². The van der Waals surface area contributed by atoms with Gasteiger partial charge in [0.1, 0.15) is 0 Å². The Labute approximate surface area is 176 Å². The summed E-state index contributed by atoms with van der Waals surface area (Å²) in [6, 6.07) is 24.9. The van der Waals surface area contributed by atoms with E-state index in [9.17, 15) is 4.79 Å². The molecule has 0 radical (unpaired) electrons. The third-order valence-corrected chi connectivity index (χ3v) is 5.25. The Morgan fingerprint density at radius 3 is 2.43 bits per heavy atom. The number of aromatic nitrogens is 1. The number of nitrogens with one attached hydrogen (secondary N) is 1. The second-order valence-corrected chi connectivity index (χ2v) is 7.74. The first-order valence-corrected chi connectivity index (χ1v) is 9.95. The number of carbonyl (C=O) groups excluding carboxylic acids is 1. The van der Waals surface area contributed by atoms with E-state index in [4.69, 9.17) is 16.6 Å². The number of hydrogen-bond acceptors (Lipinski definition) is 2. The van der Waals surface area contributed by atoms with Crippen molar-refractivity contribution in [1.82, 2.24) is 10.3 Å². The molecule has 1 amide bonds. The molecule has 0 fully saturated rings. The van der Waals surface area contributed by atoms with Gasteiger partial charge in [-0.25, -0.2) is 4.98 Å². The average molecular weight is 452 g/mol. The number of carbonyl (C=O) groups is 1. The number of amides is 1. The van der Waals surface area contributed by atoms with Crippen LogP contribution in [0.5, 0.6) is 0 Å². The maximum absolute atomic E-state index is 13.0. The van der Waals surface area contributed by atoms with Gasteiger partial charge in [0.05, 0.1) is 16.8 Å². The summed E-state index contributed by atoms with van der Waals surface area (Å²) in [5, 5.41) is 4.50. The van der Waals surface area contributed by atoms with Gasteiger partial charge in [0.2, 0.25) is 0 Å². The lowest BCUT2D eigenvalue weighted by Crippen LogP contribution is -2.23. The first kappa shape index (κ1) is 18.7. The van der Waals surface area contributed by atoms with Gasteiger partial charge in [-0.2, -0.15) is 0 Å². The second-order valence-electron chi connectivity index (χ2n) is 6.39. The fourth-order valence-electron chi connectivity index (χ4n) is 3.01. The van der Waals surface area contributed by atoms with Crippen molar-refractivity contribution in [1.29, 1.82) is 0 Å². The summed E-state index contributed by atoms with van der Waals surface area (Å²) in [7, 11) is 0. The molecular formula is C23H16BrClN2O. The zero-order chi connectivity index (χ0) is 19.5.